The molecule has 2 atom stereocenters. The van der Waals surface area contributed by atoms with Gasteiger partial charge in [-0.1, -0.05) is 6.92 Å². The second-order valence-corrected chi connectivity index (χ2v) is 3.54. The summed E-state index contributed by atoms with van der Waals surface area (Å²) in [5.74, 6) is -1.22. The van der Waals surface area contributed by atoms with Gasteiger partial charge in [-0.15, -0.1) is 0 Å². The third-order valence-electron chi connectivity index (χ3n) is 2.35. The molecule has 0 aromatic carbocycles. The molecule has 1 fully saturated rings. The van der Waals surface area contributed by atoms with Gasteiger partial charge in [-0.3, -0.25) is 4.79 Å². The predicted molar refractivity (Wildman–Crippen MR) is 48.7 cm³/mol. The molecule has 1 heterocycles. The van der Waals surface area contributed by atoms with E-state index in [0.717, 1.165) is 0 Å². The Bertz CT molecular complexity index is 241. The van der Waals surface area contributed by atoms with Crippen LogP contribution in [0.1, 0.15) is 26.2 Å². The number of nitrogens with zero attached hydrogens (tertiary/aromatic N) is 1. The summed E-state index contributed by atoms with van der Waals surface area (Å²) in [6.07, 6.45) is 0.482. The highest BCUT2D eigenvalue weighted by Gasteiger charge is 2.38. The number of carbonyl (C=O) groups is 2. The van der Waals surface area contributed by atoms with E-state index in [9.17, 15) is 14.7 Å². The molecule has 0 radical (unpaired) electrons. The Morgan fingerprint density at radius 1 is 1.50 bits per heavy atom. The average Bonchev–Trinajstić information content (AvgIpc) is 2.48. The quantitative estimate of drug-likeness (QED) is 0.664. The van der Waals surface area contributed by atoms with Crippen LogP contribution in [0.2, 0.25) is 0 Å². The minimum absolute atomic E-state index is 0.144. The monoisotopic (exact) mass is 201 g/mol. The summed E-state index contributed by atoms with van der Waals surface area (Å²) in [6.45, 7) is 2.01. The molecule has 5 nitrogen and oxygen atoms in total. The first-order valence-electron chi connectivity index (χ1n) is 4.76. The minimum Gasteiger partial charge on any atom is -0.480 e. The number of carbonyl (C=O) groups excluding carboxylic acids is 1. The Balaban J connectivity index is 2.66. The lowest BCUT2D eigenvalue weighted by Gasteiger charge is -2.20. The fourth-order valence-electron chi connectivity index (χ4n) is 1.68. The summed E-state index contributed by atoms with van der Waals surface area (Å²) >= 11 is 0. The number of aliphatic carboxylic acids is 1. The average molecular weight is 201 g/mol. The van der Waals surface area contributed by atoms with E-state index in [4.69, 9.17) is 5.11 Å². The fraction of sp³-hybridized carbons (Fsp3) is 0.778. The van der Waals surface area contributed by atoms with Gasteiger partial charge in [0.1, 0.15) is 6.04 Å². The summed E-state index contributed by atoms with van der Waals surface area (Å²) in [5.41, 5.74) is 0. The van der Waals surface area contributed by atoms with Crippen LogP contribution in [0.4, 0.5) is 0 Å². The predicted octanol–water partition coefficient (Wildman–Crippen LogP) is -0.167. The zero-order valence-electron chi connectivity index (χ0n) is 8.14. The van der Waals surface area contributed by atoms with Gasteiger partial charge in [0, 0.05) is 19.4 Å². The maximum absolute atomic E-state index is 11.5. The number of hydrogen-bond acceptors (Lipinski definition) is 3. The van der Waals surface area contributed by atoms with Crippen molar-refractivity contribution in [1.29, 1.82) is 0 Å². The van der Waals surface area contributed by atoms with Gasteiger partial charge >= 0.3 is 5.97 Å². The van der Waals surface area contributed by atoms with E-state index in [1.807, 2.05) is 6.92 Å². The van der Waals surface area contributed by atoms with Crippen LogP contribution in [0.15, 0.2) is 0 Å². The molecule has 1 aliphatic rings. The maximum Gasteiger partial charge on any atom is 0.326 e. The van der Waals surface area contributed by atoms with E-state index >= 15 is 0 Å². The molecule has 0 bridgehead atoms. The van der Waals surface area contributed by atoms with Crippen molar-refractivity contribution < 1.29 is 19.8 Å². The molecule has 0 aromatic heterocycles. The van der Waals surface area contributed by atoms with E-state index < -0.39 is 18.1 Å². The number of carboxylic acids is 1. The lowest BCUT2D eigenvalue weighted by Crippen LogP contribution is -2.40. The van der Waals surface area contributed by atoms with Crippen LogP contribution >= 0.6 is 0 Å². The molecular formula is C9H15NO4. The first-order valence-corrected chi connectivity index (χ1v) is 4.76. The Kier molecular flexibility index (Phi) is 3.46. The Hall–Kier alpha value is -1.10. The molecule has 1 saturated heterocycles. The van der Waals surface area contributed by atoms with Crippen molar-refractivity contribution in [3.63, 3.8) is 0 Å². The lowest BCUT2D eigenvalue weighted by atomic mass is 10.2. The molecule has 80 valence electrons. The van der Waals surface area contributed by atoms with Crippen molar-refractivity contribution >= 4 is 11.9 Å². The molecule has 0 spiro atoms. The van der Waals surface area contributed by atoms with Crippen molar-refractivity contribution in [2.75, 3.05) is 6.54 Å². The summed E-state index contributed by atoms with van der Waals surface area (Å²) in [6, 6.07) is -0.843. The number of aliphatic hydroxyl groups excluding tert-OH is 1. The summed E-state index contributed by atoms with van der Waals surface area (Å²) in [7, 11) is 0. The smallest absolute Gasteiger partial charge is 0.326 e. The second kappa shape index (κ2) is 4.41. The number of rotatable bonds is 3. The van der Waals surface area contributed by atoms with Crippen LogP contribution in [0, 0.1) is 0 Å². The van der Waals surface area contributed by atoms with Crippen LogP contribution in [-0.2, 0) is 9.59 Å². The van der Waals surface area contributed by atoms with Crippen molar-refractivity contribution in [3.05, 3.63) is 0 Å². The first kappa shape index (κ1) is 11.0. The number of aliphatic hydroxyl groups is 1. The molecular weight excluding hydrogens is 186 g/mol. The maximum atomic E-state index is 11.5. The van der Waals surface area contributed by atoms with Gasteiger partial charge in [-0.25, -0.2) is 4.79 Å². The molecule has 0 saturated carbocycles. The Morgan fingerprint density at radius 3 is 2.64 bits per heavy atom. The van der Waals surface area contributed by atoms with Crippen molar-refractivity contribution in [2.45, 2.75) is 38.3 Å². The zero-order valence-corrected chi connectivity index (χ0v) is 8.14. The fourth-order valence-corrected chi connectivity index (χ4v) is 1.68. The molecule has 1 rings (SSSR count). The van der Waals surface area contributed by atoms with Gasteiger partial charge in [-0.2, -0.15) is 0 Å². The number of amides is 1. The molecule has 14 heavy (non-hydrogen) atoms. The van der Waals surface area contributed by atoms with Crippen LogP contribution in [0.5, 0.6) is 0 Å². The second-order valence-electron chi connectivity index (χ2n) is 3.54. The molecule has 0 unspecified atom stereocenters. The highest BCUT2D eigenvalue weighted by Crippen LogP contribution is 2.19. The lowest BCUT2D eigenvalue weighted by molar-refractivity contribution is -0.148. The first-order chi connectivity index (χ1) is 6.56. The number of likely N-dealkylation sites (tertiary alicyclic amines) is 1. The number of hydrogen-bond donors (Lipinski definition) is 2. The van der Waals surface area contributed by atoms with Crippen molar-refractivity contribution in [2.24, 2.45) is 0 Å². The third kappa shape index (κ3) is 2.23. The van der Waals surface area contributed by atoms with E-state index in [2.05, 4.69) is 0 Å². The van der Waals surface area contributed by atoms with Gasteiger partial charge < -0.3 is 15.1 Å². The molecule has 0 aromatic rings. The number of β-amino-alcohol motifs (C(OH)–C–C–N with tert-alkyl or cyclic N) is 1. The molecule has 1 aliphatic heterocycles. The van der Waals surface area contributed by atoms with E-state index in [1.54, 1.807) is 0 Å². The van der Waals surface area contributed by atoms with E-state index in [1.165, 1.54) is 4.90 Å². The van der Waals surface area contributed by atoms with E-state index in [-0.39, 0.29) is 18.9 Å². The SMILES string of the molecule is CCCC(=O)N1C[C@@H](O)C[C@H]1C(=O)O. The molecule has 0 aliphatic carbocycles. The molecule has 2 N–H and O–H groups in total. The van der Waals surface area contributed by atoms with Gasteiger partial charge in [0.05, 0.1) is 6.10 Å². The third-order valence-corrected chi connectivity index (χ3v) is 2.35. The van der Waals surface area contributed by atoms with Gasteiger partial charge in [0.15, 0.2) is 0 Å². The molecule has 5 heteroatoms. The minimum atomic E-state index is -1.04. The number of carboxylic acid groups (broad SMARTS) is 1. The topological polar surface area (TPSA) is 77.8 Å². The zero-order chi connectivity index (χ0) is 10.7. The van der Waals surface area contributed by atoms with Crippen LogP contribution in [-0.4, -0.2) is 45.7 Å². The molecule has 1 amide bonds. The van der Waals surface area contributed by atoms with Crippen LogP contribution < -0.4 is 0 Å². The Morgan fingerprint density at radius 2 is 2.14 bits per heavy atom. The van der Waals surface area contributed by atoms with Crippen LogP contribution in [0.25, 0.3) is 0 Å². The normalized spacial score (nSPS) is 26.6. The summed E-state index contributed by atoms with van der Waals surface area (Å²) < 4.78 is 0. The van der Waals surface area contributed by atoms with Gasteiger partial charge in [0.25, 0.3) is 0 Å². The van der Waals surface area contributed by atoms with Gasteiger partial charge in [-0.05, 0) is 6.42 Å². The highest BCUT2D eigenvalue weighted by atomic mass is 16.4. The van der Waals surface area contributed by atoms with Crippen molar-refractivity contribution in [1.82, 2.24) is 4.90 Å². The summed E-state index contributed by atoms with van der Waals surface area (Å²) in [4.78, 5) is 23.5. The Labute approximate surface area is 82.3 Å². The largest absolute Gasteiger partial charge is 0.480 e. The van der Waals surface area contributed by atoms with E-state index in [0.29, 0.717) is 12.8 Å². The van der Waals surface area contributed by atoms with Crippen molar-refractivity contribution in [3.8, 4) is 0 Å². The highest BCUT2D eigenvalue weighted by molar-refractivity contribution is 5.84. The summed E-state index contributed by atoms with van der Waals surface area (Å²) in [5, 5.41) is 18.1. The standard InChI is InChI=1S/C9H15NO4/c1-2-3-8(12)10-5-6(11)4-7(10)9(13)14/h6-7,11H,2-5H2,1H3,(H,13,14)/t6-,7-/m0/s1. The van der Waals surface area contributed by atoms with Crippen LogP contribution in [0.3, 0.4) is 0 Å². The van der Waals surface area contributed by atoms with Gasteiger partial charge in [0.2, 0.25) is 5.91 Å².